The van der Waals surface area contributed by atoms with E-state index in [1.807, 2.05) is 74.5 Å². The number of carbonyl (C=O) groups is 4. The highest BCUT2D eigenvalue weighted by molar-refractivity contribution is 7.87. The Labute approximate surface area is 342 Å². The van der Waals surface area contributed by atoms with E-state index in [4.69, 9.17) is 19.4 Å². The van der Waals surface area contributed by atoms with Crippen LogP contribution in [-0.2, 0) is 29.3 Å². The first-order chi connectivity index (χ1) is 27.6. The number of benzene rings is 1. The maximum Gasteiger partial charge on any atom is 0.408 e. The summed E-state index contributed by atoms with van der Waals surface area (Å²) in [6.07, 6.45) is 3.30. The Bertz CT molecular complexity index is 2150. The Hall–Kier alpha value is -4.65. The third-order valence-corrected chi connectivity index (χ3v) is 13.8. The molecule has 5 atom stereocenters. The highest BCUT2D eigenvalue weighted by atomic mass is 32.2. The summed E-state index contributed by atoms with van der Waals surface area (Å²) in [5.41, 5.74) is -0.659. The molecule has 2 saturated carbocycles. The van der Waals surface area contributed by atoms with Crippen LogP contribution in [0.4, 0.5) is 4.79 Å². The highest BCUT2D eigenvalue weighted by Gasteiger charge is 2.62. The SMILES string of the molecule is C=C[C@@H]1CC1(NC(=O)[C@@H]1C[C@@H](Oc2nc3ccccc3nc2-c2cccs2)CN1C(=O)[C@@H](NC(=O)OC1CCCC1)C(C)(C)C)C(=O)NS(=O)(=O)N1CCN(C)CC1. The summed E-state index contributed by atoms with van der Waals surface area (Å²) in [6.45, 7) is 10.6. The molecule has 7 rings (SSSR count). The van der Waals surface area contributed by atoms with E-state index >= 15 is 0 Å². The van der Waals surface area contributed by atoms with Crippen LogP contribution in [0.15, 0.2) is 54.4 Å². The van der Waals surface area contributed by atoms with Crippen molar-refractivity contribution in [3.63, 3.8) is 0 Å². The molecule has 2 aliphatic heterocycles. The van der Waals surface area contributed by atoms with Gasteiger partial charge in [0, 0.05) is 38.5 Å². The molecule has 4 aliphatic rings. The second kappa shape index (κ2) is 16.5. The molecular weight excluding hydrogens is 785 g/mol. The molecule has 4 amide bonds. The van der Waals surface area contributed by atoms with Crippen LogP contribution in [0.2, 0.25) is 0 Å². The van der Waals surface area contributed by atoms with E-state index in [-0.39, 0.29) is 44.5 Å². The third-order valence-electron chi connectivity index (χ3n) is 11.4. The van der Waals surface area contributed by atoms with Crippen molar-refractivity contribution in [1.82, 2.24) is 39.4 Å². The van der Waals surface area contributed by atoms with Crippen LogP contribution in [0.1, 0.15) is 59.3 Å². The molecule has 1 unspecified atom stereocenters. The first-order valence-electron chi connectivity index (χ1n) is 19.8. The van der Waals surface area contributed by atoms with Crippen LogP contribution in [-0.4, -0.2) is 126 Å². The van der Waals surface area contributed by atoms with Crippen LogP contribution in [0.3, 0.4) is 0 Å². The number of fused-ring (bicyclic) bond motifs is 1. The van der Waals surface area contributed by atoms with Gasteiger partial charge < -0.3 is 29.9 Å². The van der Waals surface area contributed by atoms with Gasteiger partial charge in [-0.2, -0.15) is 12.7 Å². The summed E-state index contributed by atoms with van der Waals surface area (Å²) in [7, 11) is -2.33. The highest BCUT2D eigenvalue weighted by Crippen LogP contribution is 2.45. The Morgan fingerprint density at radius 3 is 2.31 bits per heavy atom. The second-order valence-corrected chi connectivity index (χ2v) is 19.3. The zero-order valence-corrected chi connectivity index (χ0v) is 34.9. The van der Waals surface area contributed by atoms with Gasteiger partial charge in [-0.3, -0.25) is 14.4 Å². The average Bonchev–Trinajstić information content (AvgIpc) is 3.66. The second-order valence-electron chi connectivity index (χ2n) is 16.7. The van der Waals surface area contributed by atoms with E-state index in [9.17, 15) is 27.6 Å². The van der Waals surface area contributed by atoms with Crippen LogP contribution < -0.4 is 20.1 Å². The number of piperazine rings is 1. The van der Waals surface area contributed by atoms with Crippen molar-refractivity contribution in [2.24, 2.45) is 11.3 Å². The fraction of sp³-hybridized carbons (Fsp3) is 0.550. The number of rotatable bonds is 12. The Kier molecular flexibility index (Phi) is 11.8. The molecule has 0 bridgehead atoms. The van der Waals surface area contributed by atoms with E-state index in [1.165, 1.54) is 26.6 Å². The average molecular weight is 837 g/mol. The number of aromatic nitrogens is 2. The Morgan fingerprint density at radius 2 is 1.69 bits per heavy atom. The number of alkyl carbamates (subject to hydrolysis) is 1. The minimum Gasteiger partial charge on any atom is -0.471 e. The molecule has 1 aromatic carbocycles. The van der Waals surface area contributed by atoms with Crippen molar-refractivity contribution in [3.05, 3.63) is 54.4 Å². The number of amides is 4. The monoisotopic (exact) mass is 836 g/mol. The van der Waals surface area contributed by atoms with E-state index < -0.39 is 69.1 Å². The van der Waals surface area contributed by atoms with Crippen LogP contribution in [0.25, 0.3) is 21.6 Å². The van der Waals surface area contributed by atoms with Crippen molar-refractivity contribution in [3.8, 4) is 16.5 Å². The number of nitrogens with one attached hydrogen (secondary N) is 3. The number of hydrogen-bond donors (Lipinski definition) is 3. The van der Waals surface area contributed by atoms with Crippen molar-refractivity contribution < 1.29 is 37.1 Å². The molecule has 3 N–H and O–H groups in total. The smallest absolute Gasteiger partial charge is 0.408 e. The van der Waals surface area contributed by atoms with Gasteiger partial charge in [0.05, 0.1) is 22.5 Å². The lowest BCUT2D eigenvalue weighted by molar-refractivity contribution is -0.143. The fourth-order valence-electron chi connectivity index (χ4n) is 7.93. The number of likely N-dealkylation sites (N-methyl/N-ethyl adjacent to an activating group) is 1. The summed E-state index contributed by atoms with van der Waals surface area (Å²) in [5, 5.41) is 7.54. The van der Waals surface area contributed by atoms with E-state index in [1.54, 1.807) is 0 Å². The van der Waals surface area contributed by atoms with Gasteiger partial charge in [0.1, 0.15) is 35.5 Å². The molecule has 2 saturated heterocycles. The molecule has 2 aliphatic carbocycles. The van der Waals surface area contributed by atoms with Crippen molar-refractivity contribution in [2.75, 3.05) is 39.8 Å². The zero-order valence-electron chi connectivity index (χ0n) is 33.3. The number of ether oxygens (including phenoxy) is 2. The van der Waals surface area contributed by atoms with Crippen LogP contribution in [0.5, 0.6) is 5.88 Å². The Morgan fingerprint density at radius 1 is 1.00 bits per heavy atom. The lowest BCUT2D eigenvalue weighted by atomic mass is 9.85. The molecular formula is C40H52N8O8S2. The van der Waals surface area contributed by atoms with Gasteiger partial charge >= 0.3 is 16.3 Å². The topological polar surface area (TPSA) is 192 Å². The predicted octanol–water partition coefficient (Wildman–Crippen LogP) is 3.46. The lowest BCUT2D eigenvalue weighted by Gasteiger charge is -2.35. The number of likely N-dealkylation sites (tertiary alicyclic amines) is 1. The van der Waals surface area contributed by atoms with Crippen LogP contribution in [0, 0.1) is 11.3 Å². The summed E-state index contributed by atoms with van der Waals surface area (Å²) >= 11 is 1.46. The molecule has 0 spiro atoms. The van der Waals surface area contributed by atoms with Gasteiger partial charge in [-0.25, -0.2) is 19.5 Å². The fourth-order valence-corrected chi connectivity index (χ4v) is 9.83. The summed E-state index contributed by atoms with van der Waals surface area (Å²) in [5.74, 6) is -2.45. The summed E-state index contributed by atoms with van der Waals surface area (Å²) in [4.78, 5) is 70.2. The minimum atomic E-state index is -4.22. The van der Waals surface area contributed by atoms with Crippen molar-refractivity contribution in [2.45, 2.75) is 89.1 Å². The van der Waals surface area contributed by atoms with Gasteiger partial charge in [-0.1, -0.05) is 45.0 Å². The van der Waals surface area contributed by atoms with Crippen molar-refractivity contribution in [1.29, 1.82) is 0 Å². The van der Waals surface area contributed by atoms with E-state index in [2.05, 4.69) is 21.9 Å². The summed E-state index contributed by atoms with van der Waals surface area (Å²) < 4.78 is 42.3. The van der Waals surface area contributed by atoms with Crippen molar-refractivity contribution >= 4 is 56.4 Å². The molecule has 16 nitrogen and oxygen atoms in total. The lowest BCUT2D eigenvalue weighted by Crippen LogP contribution is -2.61. The van der Waals surface area contributed by atoms with Gasteiger partial charge in [0.25, 0.3) is 5.91 Å². The molecule has 312 valence electrons. The first kappa shape index (κ1) is 41.5. The third kappa shape index (κ3) is 8.84. The standard InChI is InChI=1S/C40H52N8O8S2/c1-6-25-23-40(25,37(51)45-58(53,54)47-19-17-46(5)18-20-47)44-34(49)30-22-27(55-35-32(31-16-11-21-57-31)41-28-14-9-10-15-29(28)42-35)24-48(30)36(50)33(39(2,3)4)43-38(52)56-26-12-7-8-13-26/h6,9-11,14-16,21,25-27,30,33H,1,7-8,12-13,17-20,22-24H2,2-5H3,(H,43,52)(H,44,49)(H,45,51)/t25-,27-,30+,33-,40?/m1/s1. The number of nitrogens with zero attached hydrogens (tertiary/aromatic N) is 5. The van der Waals surface area contributed by atoms with E-state index in [0.29, 0.717) is 29.8 Å². The van der Waals surface area contributed by atoms with E-state index in [0.717, 1.165) is 30.6 Å². The normalized spacial score (nSPS) is 24.9. The molecule has 3 aromatic rings. The Balaban J connectivity index is 1.17. The van der Waals surface area contributed by atoms with Gasteiger partial charge in [-0.15, -0.1) is 17.9 Å². The molecule has 58 heavy (non-hydrogen) atoms. The van der Waals surface area contributed by atoms with Gasteiger partial charge in [0.2, 0.25) is 17.7 Å². The zero-order chi connectivity index (χ0) is 41.4. The molecule has 18 heteroatoms. The minimum absolute atomic E-state index is 0.00457. The largest absolute Gasteiger partial charge is 0.471 e. The van der Waals surface area contributed by atoms with Gasteiger partial charge in [0.15, 0.2) is 0 Å². The van der Waals surface area contributed by atoms with Gasteiger partial charge in [-0.05, 0) is 68.1 Å². The molecule has 4 heterocycles. The number of para-hydroxylation sites is 2. The number of thiophene rings is 1. The maximum atomic E-state index is 14.7. The predicted molar refractivity (Wildman–Crippen MR) is 218 cm³/mol. The quantitative estimate of drug-likeness (QED) is 0.227. The number of carbonyl (C=O) groups excluding carboxylic acids is 4. The first-order valence-corrected chi connectivity index (χ1v) is 22.1. The molecule has 2 aromatic heterocycles. The molecule has 0 radical (unpaired) electrons. The maximum absolute atomic E-state index is 14.7. The molecule has 4 fully saturated rings. The van der Waals surface area contributed by atoms with Crippen LogP contribution >= 0.6 is 11.3 Å². The summed E-state index contributed by atoms with van der Waals surface area (Å²) in [6, 6.07) is 8.90. The number of hydrogen-bond acceptors (Lipinski definition) is 12.